The molecular weight excluding hydrogens is 336 g/mol. The summed E-state index contributed by atoms with van der Waals surface area (Å²) in [6.07, 6.45) is 2.50. The summed E-state index contributed by atoms with van der Waals surface area (Å²) in [6.45, 7) is 5.45. The maximum atomic E-state index is 12.5. The largest absolute Gasteiger partial charge is 0.465 e. The fraction of sp³-hybridized carbons (Fsp3) is 0.278. The van der Waals surface area contributed by atoms with Crippen LogP contribution in [0.25, 0.3) is 16.6 Å². The number of carbonyl (C=O) groups is 2. The van der Waals surface area contributed by atoms with E-state index in [-0.39, 0.29) is 11.5 Å². The molecule has 1 N–H and O–H groups in total. The van der Waals surface area contributed by atoms with Crippen LogP contribution in [-0.2, 0) is 9.53 Å². The van der Waals surface area contributed by atoms with Crippen LogP contribution in [0.15, 0.2) is 35.5 Å². The number of anilines is 1. The zero-order valence-electron chi connectivity index (χ0n) is 14.9. The summed E-state index contributed by atoms with van der Waals surface area (Å²) in [5.41, 5.74) is 0.217. The van der Waals surface area contributed by atoms with Crippen molar-refractivity contribution in [3.63, 3.8) is 0 Å². The number of nitrogens with one attached hydrogen (secondary N) is 1. The molecule has 0 spiro atoms. The predicted molar refractivity (Wildman–Crippen MR) is 96.2 cm³/mol. The van der Waals surface area contributed by atoms with Gasteiger partial charge in [0.25, 0.3) is 5.56 Å². The number of hydrogen-bond acceptors (Lipinski definition) is 6. The first kappa shape index (κ1) is 17.5. The van der Waals surface area contributed by atoms with Gasteiger partial charge in [-0.15, -0.1) is 0 Å². The lowest BCUT2D eigenvalue weighted by atomic mass is 9.95. The molecule has 0 atom stereocenters. The number of amides is 1. The van der Waals surface area contributed by atoms with Crippen molar-refractivity contribution in [1.29, 1.82) is 0 Å². The van der Waals surface area contributed by atoms with Gasteiger partial charge in [-0.05, 0) is 18.2 Å². The highest BCUT2D eigenvalue weighted by Gasteiger charge is 2.21. The minimum atomic E-state index is -0.761. The van der Waals surface area contributed by atoms with Crippen molar-refractivity contribution in [1.82, 2.24) is 14.4 Å². The molecule has 8 heteroatoms. The van der Waals surface area contributed by atoms with Gasteiger partial charge in [-0.3, -0.25) is 9.59 Å². The summed E-state index contributed by atoms with van der Waals surface area (Å²) in [6, 6.07) is 5.16. The van der Waals surface area contributed by atoms with Crippen molar-refractivity contribution in [3.8, 4) is 0 Å². The summed E-state index contributed by atoms with van der Waals surface area (Å²) in [7, 11) is 1.19. The Balaban J connectivity index is 2.17. The van der Waals surface area contributed by atoms with E-state index in [0.717, 1.165) is 0 Å². The highest BCUT2D eigenvalue weighted by Crippen LogP contribution is 2.22. The molecule has 0 bridgehead atoms. The molecule has 3 aromatic rings. The number of methoxy groups -OCH3 is 1. The number of esters is 1. The number of fused-ring (bicyclic) bond motifs is 3. The van der Waals surface area contributed by atoms with E-state index < -0.39 is 16.9 Å². The molecule has 8 nitrogen and oxygen atoms in total. The molecule has 1 amide bonds. The Labute approximate surface area is 148 Å². The maximum Gasteiger partial charge on any atom is 0.345 e. The fourth-order valence-electron chi connectivity index (χ4n) is 2.37. The first-order chi connectivity index (χ1) is 12.2. The van der Waals surface area contributed by atoms with E-state index in [9.17, 15) is 14.4 Å². The van der Waals surface area contributed by atoms with E-state index in [4.69, 9.17) is 0 Å². The molecule has 0 radical (unpaired) electrons. The molecule has 3 rings (SSSR count). The molecular formula is C18H18N4O4. The first-order valence-electron chi connectivity index (χ1n) is 7.92. The Morgan fingerprint density at radius 1 is 1.19 bits per heavy atom. The number of benzene rings is 1. The van der Waals surface area contributed by atoms with Gasteiger partial charge in [0.15, 0.2) is 0 Å². The minimum Gasteiger partial charge on any atom is -0.465 e. The van der Waals surface area contributed by atoms with Gasteiger partial charge in [0.2, 0.25) is 5.91 Å². The van der Waals surface area contributed by atoms with Crippen LogP contribution in [0.1, 0.15) is 31.1 Å². The molecule has 0 aliphatic carbocycles. The van der Waals surface area contributed by atoms with Gasteiger partial charge in [-0.25, -0.2) is 19.2 Å². The highest BCUT2D eigenvalue weighted by molar-refractivity contribution is 5.99. The quantitative estimate of drug-likeness (QED) is 0.558. The summed E-state index contributed by atoms with van der Waals surface area (Å²) in [4.78, 5) is 44.8. The Hall–Kier alpha value is -3.29. The average Bonchev–Trinajstić information content (AvgIpc) is 2.60. The molecule has 134 valence electrons. The lowest BCUT2D eigenvalue weighted by Gasteiger charge is -2.18. The second-order valence-electron chi connectivity index (χ2n) is 6.84. The van der Waals surface area contributed by atoms with Gasteiger partial charge >= 0.3 is 5.97 Å². The highest BCUT2D eigenvalue weighted by atomic mass is 16.5. The van der Waals surface area contributed by atoms with Crippen molar-refractivity contribution in [3.05, 3.63) is 46.6 Å². The van der Waals surface area contributed by atoms with Crippen LogP contribution in [0, 0.1) is 5.41 Å². The smallest absolute Gasteiger partial charge is 0.345 e. The van der Waals surface area contributed by atoms with Crippen LogP contribution in [-0.4, -0.2) is 33.4 Å². The van der Waals surface area contributed by atoms with Gasteiger partial charge in [0.05, 0.1) is 12.6 Å². The van der Waals surface area contributed by atoms with Crippen molar-refractivity contribution >= 4 is 34.1 Å². The number of aromatic nitrogens is 3. The van der Waals surface area contributed by atoms with Crippen LogP contribution in [0.5, 0.6) is 0 Å². The second-order valence-corrected chi connectivity index (χ2v) is 6.84. The van der Waals surface area contributed by atoms with Gasteiger partial charge in [0.1, 0.15) is 17.5 Å². The van der Waals surface area contributed by atoms with E-state index >= 15 is 0 Å². The lowest BCUT2D eigenvalue weighted by molar-refractivity contribution is -0.123. The predicted octanol–water partition coefficient (Wildman–Crippen LogP) is 2.01. The second kappa shape index (κ2) is 6.21. The van der Waals surface area contributed by atoms with E-state index in [1.807, 2.05) is 20.8 Å². The first-order valence-corrected chi connectivity index (χ1v) is 7.92. The molecule has 1 aromatic carbocycles. The topological polar surface area (TPSA) is 103 Å². The standard InChI is InChI=1S/C18H18N4O4/c1-18(2,3)17(25)21-10-5-6-13-11(7-10)14-19-8-12(16(24)26-4)15(23)22(14)9-20-13/h5-9H,1-4H3,(H,21,25). The SMILES string of the molecule is COC(=O)c1cnc2c3cc(NC(=O)C(C)(C)C)ccc3ncn2c1=O. The summed E-state index contributed by atoms with van der Waals surface area (Å²) < 4.78 is 5.77. The fourth-order valence-corrected chi connectivity index (χ4v) is 2.37. The van der Waals surface area contributed by atoms with E-state index in [1.54, 1.807) is 18.2 Å². The van der Waals surface area contributed by atoms with Crippen molar-refractivity contribution < 1.29 is 14.3 Å². The Morgan fingerprint density at radius 3 is 2.58 bits per heavy atom. The summed E-state index contributed by atoms with van der Waals surface area (Å²) >= 11 is 0. The summed E-state index contributed by atoms with van der Waals surface area (Å²) in [5.74, 6) is -0.897. The average molecular weight is 354 g/mol. The summed E-state index contributed by atoms with van der Waals surface area (Å²) in [5, 5.41) is 3.41. The Morgan fingerprint density at radius 2 is 1.92 bits per heavy atom. The number of ether oxygens (including phenoxy) is 1. The van der Waals surface area contributed by atoms with Crippen LogP contribution >= 0.6 is 0 Å². The number of nitrogens with zero attached hydrogens (tertiary/aromatic N) is 3. The van der Waals surface area contributed by atoms with Gasteiger partial charge in [-0.2, -0.15) is 0 Å². The van der Waals surface area contributed by atoms with Crippen molar-refractivity contribution in [2.45, 2.75) is 20.8 Å². The third-order valence-electron chi connectivity index (χ3n) is 3.89. The molecule has 0 aliphatic heterocycles. The van der Waals surface area contributed by atoms with E-state index in [0.29, 0.717) is 22.2 Å². The van der Waals surface area contributed by atoms with Gasteiger partial charge in [-0.1, -0.05) is 20.8 Å². The number of carbonyl (C=O) groups excluding carboxylic acids is 2. The zero-order valence-corrected chi connectivity index (χ0v) is 14.9. The van der Waals surface area contributed by atoms with Crippen molar-refractivity contribution in [2.24, 2.45) is 5.41 Å². The van der Waals surface area contributed by atoms with Gasteiger partial charge < -0.3 is 10.1 Å². The molecule has 2 aromatic heterocycles. The van der Waals surface area contributed by atoms with Crippen LogP contribution in [0.2, 0.25) is 0 Å². The molecule has 0 fully saturated rings. The van der Waals surface area contributed by atoms with E-state index in [1.165, 1.54) is 24.0 Å². The number of hydrogen-bond donors (Lipinski definition) is 1. The number of rotatable bonds is 2. The van der Waals surface area contributed by atoms with Crippen LogP contribution in [0.4, 0.5) is 5.69 Å². The molecule has 0 aliphatic rings. The molecule has 0 saturated heterocycles. The zero-order chi connectivity index (χ0) is 19.1. The molecule has 26 heavy (non-hydrogen) atoms. The normalized spacial score (nSPS) is 11.5. The Bertz CT molecular complexity index is 1100. The van der Waals surface area contributed by atoms with Gasteiger partial charge in [0, 0.05) is 22.7 Å². The monoisotopic (exact) mass is 354 g/mol. The third-order valence-corrected chi connectivity index (χ3v) is 3.89. The lowest BCUT2D eigenvalue weighted by Crippen LogP contribution is -2.27. The van der Waals surface area contributed by atoms with E-state index in [2.05, 4.69) is 20.0 Å². The molecule has 2 heterocycles. The molecule has 0 unspecified atom stereocenters. The van der Waals surface area contributed by atoms with Crippen molar-refractivity contribution in [2.75, 3.05) is 12.4 Å². The van der Waals surface area contributed by atoms with Crippen LogP contribution < -0.4 is 10.9 Å². The third kappa shape index (κ3) is 3.01. The molecule has 0 saturated carbocycles. The van der Waals surface area contributed by atoms with Crippen LogP contribution in [0.3, 0.4) is 0 Å². The minimum absolute atomic E-state index is 0.136. The maximum absolute atomic E-state index is 12.5. The Kier molecular flexibility index (Phi) is 4.19.